The van der Waals surface area contributed by atoms with Crippen LogP contribution in [0.5, 0.6) is 5.88 Å². The minimum Gasteiger partial charge on any atom is -0.474 e. The maximum atomic E-state index is 5.97. The first-order chi connectivity index (χ1) is 9.83. The zero-order valence-electron chi connectivity index (χ0n) is 11.4. The molecule has 1 atom stereocenters. The van der Waals surface area contributed by atoms with Crippen LogP contribution in [-0.2, 0) is 6.42 Å². The molecule has 0 saturated heterocycles. The van der Waals surface area contributed by atoms with Crippen LogP contribution in [0, 0.1) is 0 Å². The molecular weight excluding hydrogens is 250 g/mol. The van der Waals surface area contributed by atoms with Crippen LogP contribution in [0.3, 0.4) is 0 Å². The average molecular weight is 269 g/mol. The Hall–Kier alpha value is -2.36. The van der Waals surface area contributed by atoms with Crippen molar-refractivity contribution in [2.75, 3.05) is 11.9 Å². The van der Waals surface area contributed by atoms with Crippen molar-refractivity contribution in [2.45, 2.75) is 19.4 Å². The lowest BCUT2D eigenvalue weighted by molar-refractivity contribution is 0.212. The smallest absolute Gasteiger partial charge is 0.226 e. The second-order valence-corrected chi connectivity index (χ2v) is 4.84. The summed E-state index contributed by atoms with van der Waals surface area (Å²) in [6.07, 6.45) is 6.51. The van der Waals surface area contributed by atoms with E-state index in [0.717, 1.165) is 24.3 Å². The molecule has 0 fully saturated rings. The van der Waals surface area contributed by atoms with Crippen LogP contribution in [0.2, 0.25) is 0 Å². The number of hydrogen-bond acceptors (Lipinski definition) is 4. The number of nitrogens with one attached hydrogen (secondary N) is 1. The van der Waals surface area contributed by atoms with Crippen molar-refractivity contribution in [1.29, 1.82) is 0 Å². The van der Waals surface area contributed by atoms with Crippen molar-refractivity contribution >= 4 is 11.9 Å². The molecule has 0 amide bonds. The number of hydrogen-bond donors (Lipinski definition) is 1. The molecule has 0 bridgehead atoms. The minimum atomic E-state index is 0. The number of fused-ring (bicyclic) bond motifs is 1. The third kappa shape index (κ3) is 2.79. The second kappa shape index (κ2) is 5.74. The van der Waals surface area contributed by atoms with Gasteiger partial charge in [0.05, 0.1) is 5.56 Å². The highest BCUT2D eigenvalue weighted by atomic mass is 16.5. The highest BCUT2D eigenvalue weighted by Crippen LogP contribution is 2.26. The standard InChI is InChI=1S/C16H17N3O.H2/c1-12(10-13-6-3-2-4-7-13)20-16-14-8-5-9-17-15(14)18-11-19-16;/h2-8,11-12H,9-10H2,1H3,(H,17,18,19);1H. The van der Waals surface area contributed by atoms with Crippen molar-refractivity contribution in [3.05, 3.63) is 53.9 Å². The maximum Gasteiger partial charge on any atom is 0.226 e. The highest BCUT2D eigenvalue weighted by molar-refractivity contribution is 5.70. The molecule has 1 unspecified atom stereocenters. The fourth-order valence-electron chi connectivity index (χ4n) is 2.28. The molecule has 1 aromatic heterocycles. The molecule has 1 aromatic carbocycles. The summed E-state index contributed by atoms with van der Waals surface area (Å²) in [6, 6.07) is 10.3. The first kappa shape index (κ1) is 12.7. The lowest BCUT2D eigenvalue weighted by Crippen LogP contribution is -2.18. The summed E-state index contributed by atoms with van der Waals surface area (Å²) < 4.78 is 5.97. The van der Waals surface area contributed by atoms with Gasteiger partial charge in [-0.25, -0.2) is 9.97 Å². The van der Waals surface area contributed by atoms with Gasteiger partial charge < -0.3 is 10.1 Å². The lowest BCUT2D eigenvalue weighted by Gasteiger charge is -2.18. The molecule has 1 aliphatic heterocycles. The molecule has 1 N–H and O–H groups in total. The summed E-state index contributed by atoms with van der Waals surface area (Å²) >= 11 is 0. The van der Waals surface area contributed by atoms with E-state index in [1.54, 1.807) is 0 Å². The van der Waals surface area contributed by atoms with Gasteiger partial charge in [-0.1, -0.05) is 36.4 Å². The molecule has 2 aromatic rings. The van der Waals surface area contributed by atoms with Crippen LogP contribution >= 0.6 is 0 Å². The Bertz CT molecular complexity index is 616. The van der Waals surface area contributed by atoms with Gasteiger partial charge in [0.1, 0.15) is 18.2 Å². The maximum absolute atomic E-state index is 5.97. The van der Waals surface area contributed by atoms with E-state index in [2.05, 4.69) is 34.3 Å². The largest absolute Gasteiger partial charge is 0.474 e. The second-order valence-electron chi connectivity index (χ2n) is 4.84. The Morgan fingerprint density at radius 2 is 2.15 bits per heavy atom. The van der Waals surface area contributed by atoms with Gasteiger partial charge in [-0.2, -0.15) is 0 Å². The van der Waals surface area contributed by atoms with Gasteiger partial charge >= 0.3 is 0 Å². The summed E-state index contributed by atoms with van der Waals surface area (Å²) in [5, 5.41) is 3.21. The third-order valence-electron chi connectivity index (χ3n) is 3.20. The molecule has 104 valence electrons. The van der Waals surface area contributed by atoms with E-state index in [1.807, 2.05) is 30.4 Å². The molecule has 3 rings (SSSR count). The number of rotatable bonds is 4. The van der Waals surface area contributed by atoms with E-state index in [9.17, 15) is 0 Å². The van der Waals surface area contributed by atoms with Crippen LogP contribution in [0.4, 0.5) is 5.82 Å². The van der Waals surface area contributed by atoms with Gasteiger partial charge in [0, 0.05) is 14.4 Å². The Morgan fingerprint density at radius 1 is 1.30 bits per heavy atom. The Kier molecular flexibility index (Phi) is 3.63. The SMILES string of the molecule is CC(Cc1ccccc1)Oc1ncnc2c1C=CCN2.[HH]. The van der Waals surface area contributed by atoms with E-state index in [1.165, 1.54) is 11.9 Å². The molecule has 4 heteroatoms. The number of nitrogens with zero attached hydrogens (tertiary/aromatic N) is 2. The van der Waals surface area contributed by atoms with Crippen molar-refractivity contribution < 1.29 is 6.16 Å². The lowest BCUT2D eigenvalue weighted by atomic mass is 10.1. The van der Waals surface area contributed by atoms with Gasteiger partial charge in [-0.15, -0.1) is 0 Å². The van der Waals surface area contributed by atoms with E-state index < -0.39 is 0 Å². The number of ether oxygens (including phenoxy) is 1. The summed E-state index contributed by atoms with van der Waals surface area (Å²) in [7, 11) is 0. The van der Waals surface area contributed by atoms with Crippen LogP contribution in [0.1, 0.15) is 19.5 Å². The first-order valence-electron chi connectivity index (χ1n) is 6.79. The Balaban J connectivity index is 0.00000161. The van der Waals surface area contributed by atoms with Crippen LogP contribution in [0.25, 0.3) is 6.08 Å². The van der Waals surface area contributed by atoms with Gasteiger partial charge in [0.2, 0.25) is 5.88 Å². The minimum absolute atomic E-state index is 0. The quantitative estimate of drug-likeness (QED) is 0.926. The topological polar surface area (TPSA) is 47.0 Å². The van der Waals surface area contributed by atoms with Crippen LogP contribution in [0.15, 0.2) is 42.7 Å². The monoisotopic (exact) mass is 269 g/mol. The molecule has 20 heavy (non-hydrogen) atoms. The molecule has 0 aliphatic carbocycles. The zero-order valence-corrected chi connectivity index (χ0v) is 11.4. The van der Waals surface area contributed by atoms with E-state index >= 15 is 0 Å². The molecule has 2 heterocycles. The van der Waals surface area contributed by atoms with Crippen molar-refractivity contribution in [3.8, 4) is 5.88 Å². The fraction of sp³-hybridized carbons (Fsp3) is 0.250. The summed E-state index contributed by atoms with van der Waals surface area (Å²) in [5.41, 5.74) is 2.19. The van der Waals surface area contributed by atoms with Crippen molar-refractivity contribution in [2.24, 2.45) is 0 Å². The van der Waals surface area contributed by atoms with Gasteiger partial charge in [-0.05, 0) is 18.6 Å². The van der Waals surface area contributed by atoms with Crippen molar-refractivity contribution in [3.63, 3.8) is 0 Å². The normalized spacial score (nSPS) is 14.2. The third-order valence-corrected chi connectivity index (χ3v) is 3.20. The number of aromatic nitrogens is 2. The number of anilines is 1. The number of benzene rings is 1. The predicted molar refractivity (Wildman–Crippen MR) is 81.9 cm³/mol. The molecule has 0 spiro atoms. The molecule has 4 nitrogen and oxygen atoms in total. The van der Waals surface area contributed by atoms with E-state index in [4.69, 9.17) is 4.74 Å². The van der Waals surface area contributed by atoms with E-state index in [0.29, 0.717) is 5.88 Å². The van der Waals surface area contributed by atoms with Gasteiger partial charge in [-0.3, -0.25) is 0 Å². The average Bonchev–Trinajstić information content (AvgIpc) is 2.48. The fourth-order valence-corrected chi connectivity index (χ4v) is 2.28. The molecule has 0 radical (unpaired) electrons. The molecule has 0 saturated carbocycles. The highest BCUT2D eigenvalue weighted by Gasteiger charge is 2.15. The summed E-state index contributed by atoms with van der Waals surface area (Å²) in [5.74, 6) is 1.48. The summed E-state index contributed by atoms with van der Waals surface area (Å²) in [6.45, 7) is 2.85. The van der Waals surface area contributed by atoms with Crippen molar-refractivity contribution in [1.82, 2.24) is 9.97 Å². The van der Waals surface area contributed by atoms with Crippen LogP contribution < -0.4 is 10.1 Å². The first-order valence-corrected chi connectivity index (χ1v) is 6.79. The molecular formula is C16H19N3O. The van der Waals surface area contributed by atoms with Crippen LogP contribution in [-0.4, -0.2) is 22.6 Å². The van der Waals surface area contributed by atoms with Gasteiger partial charge in [0.25, 0.3) is 0 Å². The summed E-state index contributed by atoms with van der Waals surface area (Å²) in [4.78, 5) is 8.47. The Morgan fingerprint density at radius 3 is 3.00 bits per heavy atom. The van der Waals surface area contributed by atoms with E-state index in [-0.39, 0.29) is 7.53 Å². The van der Waals surface area contributed by atoms with Gasteiger partial charge in [0.15, 0.2) is 0 Å². The predicted octanol–water partition coefficient (Wildman–Crippen LogP) is 3.17. The molecule has 1 aliphatic rings. The Labute approximate surface area is 120 Å². The zero-order chi connectivity index (χ0) is 13.8.